The molecule has 2 heterocycles. The summed E-state index contributed by atoms with van der Waals surface area (Å²) in [6.45, 7) is 4.25. The topological polar surface area (TPSA) is 57.0 Å². The van der Waals surface area contributed by atoms with E-state index < -0.39 is 0 Å². The molecule has 2 aromatic heterocycles. The summed E-state index contributed by atoms with van der Waals surface area (Å²) in [5.41, 5.74) is 3.07. The minimum Gasteiger partial charge on any atom is -0.466 e. The molecule has 2 aromatic rings. The van der Waals surface area contributed by atoms with Gasteiger partial charge in [0, 0.05) is 24.5 Å². The molecule has 0 spiro atoms. The van der Waals surface area contributed by atoms with E-state index in [2.05, 4.69) is 10.1 Å². The molecule has 0 bridgehead atoms. The van der Waals surface area contributed by atoms with Crippen molar-refractivity contribution in [2.75, 3.05) is 6.61 Å². The van der Waals surface area contributed by atoms with E-state index in [1.54, 1.807) is 11.3 Å². The van der Waals surface area contributed by atoms with Gasteiger partial charge in [0.25, 0.3) is 0 Å². The molecular formula is C13H17N3O2S. The number of carbonyl (C=O) groups excluding carboxylic acids is 1. The molecule has 0 saturated carbocycles. The zero-order valence-corrected chi connectivity index (χ0v) is 12.2. The van der Waals surface area contributed by atoms with E-state index in [1.807, 2.05) is 37.2 Å². The Labute approximate surface area is 116 Å². The molecule has 0 fully saturated rings. The molecule has 0 radical (unpaired) electrons. The number of hydrogen-bond donors (Lipinski definition) is 0. The van der Waals surface area contributed by atoms with Crippen LogP contribution in [0.4, 0.5) is 0 Å². The average Bonchev–Trinajstić information content (AvgIpc) is 2.96. The Hall–Kier alpha value is -1.69. The highest BCUT2D eigenvalue weighted by Crippen LogP contribution is 2.26. The lowest BCUT2D eigenvalue weighted by Crippen LogP contribution is -2.05. The highest BCUT2D eigenvalue weighted by Gasteiger charge is 2.11. The zero-order chi connectivity index (χ0) is 13.8. The van der Waals surface area contributed by atoms with Gasteiger partial charge in [-0.2, -0.15) is 5.10 Å². The Morgan fingerprint density at radius 3 is 2.95 bits per heavy atom. The fraction of sp³-hybridized carbons (Fsp3) is 0.462. The smallest absolute Gasteiger partial charge is 0.306 e. The van der Waals surface area contributed by atoms with E-state index in [0.29, 0.717) is 19.4 Å². The maximum Gasteiger partial charge on any atom is 0.306 e. The third-order valence-electron chi connectivity index (χ3n) is 2.91. The summed E-state index contributed by atoms with van der Waals surface area (Å²) in [6, 6.07) is 0. The van der Waals surface area contributed by atoms with Crippen molar-refractivity contribution in [2.45, 2.75) is 26.7 Å². The van der Waals surface area contributed by atoms with Crippen LogP contribution in [0.3, 0.4) is 0 Å². The molecule has 0 N–H and O–H groups in total. The number of nitrogens with zero attached hydrogens (tertiary/aromatic N) is 3. The first-order valence-corrected chi connectivity index (χ1v) is 7.08. The molecule has 0 atom stereocenters. The van der Waals surface area contributed by atoms with Gasteiger partial charge in [0.1, 0.15) is 5.01 Å². The van der Waals surface area contributed by atoms with Crippen molar-refractivity contribution in [2.24, 2.45) is 7.05 Å². The van der Waals surface area contributed by atoms with Crippen molar-refractivity contribution in [1.29, 1.82) is 0 Å². The predicted molar refractivity (Wildman–Crippen MR) is 74.0 cm³/mol. The Kier molecular flexibility index (Phi) is 4.31. The average molecular weight is 279 g/mol. The number of rotatable bonds is 5. The highest BCUT2D eigenvalue weighted by atomic mass is 32.1. The number of hydrogen-bond acceptors (Lipinski definition) is 5. The van der Waals surface area contributed by atoms with Crippen LogP contribution in [0.1, 0.15) is 24.7 Å². The van der Waals surface area contributed by atoms with E-state index in [-0.39, 0.29) is 5.97 Å². The van der Waals surface area contributed by atoms with E-state index in [0.717, 1.165) is 22.0 Å². The van der Waals surface area contributed by atoms with Gasteiger partial charge in [0.15, 0.2) is 0 Å². The van der Waals surface area contributed by atoms with Crippen LogP contribution in [0.2, 0.25) is 0 Å². The van der Waals surface area contributed by atoms with Crippen molar-refractivity contribution in [3.63, 3.8) is 0 Å². The monoisotopic (exact) mass is 279 g/mol. The summed E-state index contributed by atoms with van der Waals surface area (Å²) in [6.07, 6.45) is 2.82. The van der Waals surface area contributed by atoms with Gasteiger partial charge in [-0.15, -0.1) is 11.3 Å². The molecule has 0 aliphatic carbocycles. The molecule has 6 heteroatoms. The number of aromatic nitrogens is 3. The Balaban J connectivity index is 2.03. The van der Waals surface area contributed by atoms with Gasteiger partial charge in [-0.1, -0.05) is 0 Å². The molecular weight excluding hydrogens is 262 g/mol. The van der Waals surface area contributed by atoms with Crippen molar-refractivity contribution >= 4 is 17.3 Å². The highest BCUT2D eigenvalue weighted by molar-refractivity contribution is 7.13. The molecule has 0 saturated heterocycles. The van der Waals surface area contributed by atoms with Crippen LogP contribution in [0.15, 0.2) is 11.6 Å². The summed E-state index contributed by atoms with van der Waals surface area (Å²) in [4.78, 5) is 15.8. The van der Waals surface area contributed by atoms with Gasteiger partial charge in [0.2, 0.25) is 0 Å². The normalized spacial score (nSPS) is 10.7. The maximum absolute atomic E-state index is 11.3. The Morgan fingerprint density at radius 1 is 1.53 bits per heavy atom. The summed E-state index contributed by atoms with van der Waals surface area (Å²) >= 11 is 1.58. The van der Waals surface area contributed by atoms with Crippen molar-refractivity contribution < 1.29 is 9.53 Å². The first kappa shape index (κ1) is 13.7. The van der Waals surface area contributed by atoms with Gasteiger partial charge in [-0.25, -0.2) is 4.98 Å². The van der Waals surface area contributed by atoms with Crippen molar-refractivity contribution in [1.82, 2.24) is 14.8 Å². The second-order valence-electron chi connectivity index (χ2n) is 4.22. The first-order valence-electron chi connectivity index (χ1n) is 6.20. The Morgan fingerprint density at radius 2 is 2.32 bits per heavy atom. The number of esters is 1. The number of thiazole rings is 1. The minimum absolute atomic E-state index is 0.172. The molecule has 0 aliphatic rings. The lowest BCUT2D eigenvalue weighted by Gasteiger charge is -1.99. The summed E-state index contributed by atoms with van der Waals surface area (Å²) in [7, 11) is 1.91. The van der Waals surface area contributed by atoms with E-state index in [9.17, 15) is 4.79 Å². The van der Waals surface area contributed by atoms with Crippen LogP contribution in [0.5, 0.6) is 0 Å². The zero-order valence-electron chi connectivity index (χ0n) is 11.3. The predicted octanol–water partition coefficient (Wildman–Crippen LogP) is 2.35. The fourth-order valence-corrected chi connectivity index (χ4v) is 2.63. The van der Waals surface area contributed by atoms with E-state index in [4.69, 9.17) is 4.74 Å². The maximum atomic E-state index is 11.3. The fourth-order valence-electron chi connectivity index (χ4n) is 1.72. The van der Waals surface area contributed by atoms with Crippen LogP contribution in [-0.4, -0.2) is 27.3 Å². The van der Waals surface area contributed by atoms with Gasteiger partial charge < -0.3 is 4.74 Å². The lowest BCUT2D eigenvalue weighted by atomic mass is 10.2. The molecule has 0 amide bonds. The van der Waals surface area contributed by atoms with Gasteiger partial charge in [-0.3, -0.25) is 9.48 Å². The quantitative estimate of drug-likeness (QED) is 0.788. The van der Waals surface area contributed by atoms with E-state index in [1.165, 1.54) is 0 Å². The van der Waals surface area contributed by atoms with Crippen LogP contribution >= 0.6 is 11.3 Å². The molecule has 0 unspecified atom stereocenters. The Bertz CT molecular complexity index is 574. The van der Waals surface area contributed by atoms with Gasteiger partial charge in [-0.05, 0) is 13.8 Å². The molecule has 102 valence electrons. The van der Waals surface area contributed by atoms with Crippen LogP contribution in [0, 0.1) is 6.92 Å². The second-order valence-corrected chi connectivity index (χ2v) is 5.07. The van der Waals surface area contributed by atoms with E-state index >= 15 is 0 Å². The third-order valence-corrected chi connectivity index (χ3v) is 3.83. The lowest BCUT2D eigenvalue weighted by molar-refractivity contribution is -0.143. The minimum atomic E-state index is -0.172. The third kappa shape index (κ3) is 3.20. The standard InChI is InChI=1S/C13H17N3O2S/c1-4-18-12(17)6-5-10-8-19-13(15-10)11-7-14-16(3)9(11)2/h7-8H,4-6H2,1-3H3. The molecule has 19 heavy (non-hydrogen) atoms. The number of ether oxygens (including phenoxy) is 1. The number of carbonyl (C=O) groups is 1. The van der Waals surface area contributed by atoms with Crippen molar-refractivity contribution in [3.05, 3.63) is 23.0 Å². The molecule has 5 nitrogen and oxygen atoms in total. The second kappa shape index (κ2) is 5.97. The SMILES string of the molecule is CCOC(=O)CCc1csc(-c2cnn(C)c2C)n1. The summed E-state index contributed by atoms with van der Waals surface area (Å²) in [5, 5.41) is 7.15. The summed E-state index contributed by atoms with van der Waals surface area (Å²) in [5.74, 6) is -0.172. The first-order chi connectivity index (χ1) is 9.11. The number of aryl methyl sites for hydroxylation is 2. The largest absolute Gasteiger partial charge is 0.466 e. The van der Waals surface area contributed by atoms with Crippen LogP contribution in [-0.2, 0) is 23.0 Å². The van der Waals surface area contributed by atoms with Gasteiger partial charge >= 0.3 is 5.97 Å². The van der Waals surface area contributed by atoms with Crippen LogP contribution in [0.25, 0.3) is 10.6 Å². The van der Waals surface area contributed by atoms with Crippen LogP contribution < -0.4 is 0 Å². The molecule has 0 aliphatic heterocycles. The summed E-state index contributed by atoms with van der Waals surface area (Å²) < 4.78 is 6.73. The molecule has 2 rings (SSSR count). The van der Waals surface area contributed by atoms with Crippen molar-refractivity contribution in [3.8, 4) is 10.6 Å². The van der Waals surface area contributed by atoms with Gasteiger partial charge in [0.05, 0.1) is 30.5 Å². The molecule has 0 aromatic carbocycles.